The second kappa shape index (κ2) is 4.02. The highest BCUT2D eigenvalue weighted by Gasteiger charge is 2.44. The number of aryl methyl sites for hydroxylation is 1. The highest BCUT2D eigenvalue weighted by Crippen LogP contribution is 2.48. The molecule has 0 radical (unpaired) electrons. The number of aromatic hydroxyl groups is 1. The van der Waals surface area contributed by atoms with Crippen molar-refractivity contribution in [3.8, 4) is 5.75 Å². The summed E-state index contributed by atoms with van der Waals surface area (Å²) in [4.78, 5) is 0. The summed E-state index contributed by atoms with van der Waals surface area (Å²) < 4.78 is 0. The van der Waals surface area contributed by atoms with Gasteiger partial charge in [-0.05, 0) is 61.9 Å². The fourth-order valence-electron chi connectivity index (χ4n) is 3.98. The van der Waals surface area contributed by atoms with Crippen LogP contribution in [-0.2, 0) is 12.0 Å². The van der Waals surface area contributed by atoms with Crippen molar-refractivity contribution in [3.05, 3.63) is 29.3 Å². The highest BCUT2D eigenvalue weighted by molar-refractivity contribution is 5.42. The van der Waals surface area contributed by atoms with Crippen molar-refractivity contribution in [2.45, 2.75) is 44.1 Å². The smallest absolute Gasteiger partial charge is 0.115 e. The van der Waals surface area contributed by atoms with Crippen LogP contribution in [0.4, 0.5) is 0 Å². The maximum atomic E-state index is 9.76. The van der Waals surface area contributed by atoms with Gasteiger partial charge in [-0.3, -0.25) is 0 Å². The van der Waals surface area contributed by atoms with E-state index in [0.29, 0.717) is 5.75 Å². The van der Waals surface area contributed by atoms with Crippen molar-refractivity contribution in [1.29, 1.82) is 0 Å². The minimum Gasteiger partial charge on any atom is -0.508 e. The van der Waals surface area contributed by atoms with Gasteiger partial charge in [0.05, 0.1) is 0 Å². The quantitative estimate of drug-likeness (QED) is 0.779. The summed E-state index contributed by atoms with van der Waals surface area (Å²) in [7, 11) is 2.08. The molecule has 2 N–H and O–H groups in total. The second-order valence-corrected chi connectivity index (χ2v) is 5.54. The average molecular weight is 231 g/mol. The number of phenolic OH excluding ortho intramolecular Hbond substituents is 1. The van der Waals surface area contributed by atoms with Crippen LogP contribution in [0.15, 0.2) is 18.2 Å². The molecule has 1 aromatic carbocycles. The standard InChI is InChI=1S/C15H21NO/c1-16-15-9-3-2-4-12(15)7-5-11-6-8-13(17)10-14(11)15/h6,8,10,12,16-17H,2-5,7,9H2,1H3/t12-,15+/m1/s1. The van der Waals surface area contributed by atoms with Crippen LogP contribution in [-0.4, -0.2) is 12.2 Å². The topological polar surface area (TPSA) is 32.3 Å². The molecule has 0 spiro atoms. The van der Waals surface area contributed by atoms with Gasteiger partial charge in [0, 0.05) is 5.54 Å². The molecule has 0 unspecified atom stereocenters. The first-order valence-corrected chi connectivity index (χ1v) is 6.77. The molecule has 0 aliphatic heterocycles. The Hall–Kier alpha value is -1.02. The largest absolute Gasteiger partial charge is 0.508 e. The van der Waals surface area contributed by atoms with E-state index in [1.54, 1.807) is 0 Å². The third kappa shape index (κ3) is 1.58. The average Bonchev–Trinajstić information content (AvgIpc) is 2.38. The minimum atomic E-state index is 0.130. The summed E-state index contributed by atoms with van der Waals surface area (Å²) in [6.07, 6.45) is 7.66. The summed E-state index contributed by atoms with van der Waals surface area (Å²) in [5, 5.41) is 13.4. The second-order valence-electron chi connectivity index (χ2n) is 5.54. The summed E-state index contributed by atoms with van der Waals surface area (Å²) in [5.74, 6) is 1.15. The van der Waals surface area contributed by atoms with Gasteiger partial charge >= 0.3 is 0 Å². The molecule has 0 heterocycles. The molecule has 92 valence electrons. The summed E-state index contributed by atoms with van der Waals surface area (Å²) >= 11 is 0. The van der Waals surface area contributed by atoms with Gasteiger partial charge in [-0.25, -0.2) is 0 Å². The van der Waals surface area contributed by atoms with Gasteiger partial charge in [-0.2, -0.15) is 0 Å². The molecule has 0 amide bonds. The summed E-state index contributed by atoms with van der Waals surface area (Å²) in [6, 6.07) is 5.92. The van der Waals surface area contributed by atoms with Crippen LogP contribution in [0.2, 0.25) is 0 Å². The van der Waals surface area contributed by atoms with Gasteiger partial charge in [0.2, 0.25) is 0 Å². The van der Waals surface area contributed by atoms with Gasteiger partial charge in [-0.1, -0.05) is 18.9 Å². The van der Waals surface area contributed by atoms with E-state index in [9.17, 15) is 5.11 Å². The molecule has 3 rings (SSSR count). The normalized spacial score (nSPS) is 31.7. The zero-order valence-corrected chi connectivity index (χ0v) is 10.5. The SMILES string of the molecule is CN[C@@]12CCCC[C@@H]1CCc1ccc(O)cc12. The number of hydrogen-bond donors (Lipinski definition) is 2. The predicted octanol–water partition coefficient (Wildman–Crippen LogP) is 2.94. The molecule has 0 aromatic heterocycles. The molecule has 1 aromatic rings. The molecule has 2 aliphatic carbocycles. The van der Waals surface area contributed by atoms with Gasteiger partial charge in [0.15, 0.2) is 0 Å². The van der Waals surface area contributed by atoms with Crippen LogP contribution in [0.5, 0.6) is 5.75 Å². The fourth-order valence-corrected chi connectivity index (χ4v) is 3.98. The van der Waals surface area contributed by atoms with Crippen LogP contribution in [0.1, 0.15) is 43.2 Å². The van der Waals surface area contributed by atoms with Gasteiger partial charge in [0.25, 0.3) is 0 Å². The molecule has 1 fully saturated rings. The first kappa shape index (κ1) is 11.1. The van der Waals surface area contributed by atoms with Gasteiger partial charge < -0.3 is 10.4 Å². The summed E-state index contributed by atoms with van der Waals surface area (Å²) in [5.41, 5.74) is 2.91. The lowest BCUT2D eigenvalue weighted by Gasteiger charge is -2.48. The molecule has 2 nitrogen and oxygen atoms in total. The Labute approximate surface area is 103 Å². The van der Waals surface area contributed by atoms with Crippen molar-refractivity contribution >= 4 is 0 Å². The Kier molecular flexibility index (Phi) is 2.62. The Morgan fingerprint density at radius 1 is 1.29 bits per heavy atom. The Bertz CT molecular complexity index is 429. The molecule has 0 bridgehead atoms. The van der Waals surface area contributed by atoms with Crippen LogP contribution in [0, 0.1) is 5.92 Å². The lowest BCUT2D eigenvalue weighted by molar-refractivity contribution is 0.129. The minimum absolute atomic E-state index is 0.130. The molecule has 2 aliphatic rings. The molecule has 0 saturated heterocycles. The molecular weight excluding hydrogens is 210 g/mol. The van der Waals surface area contributed by atoms with Crippen LogP contribution in [0.25, 0.3) is 0 Å². The van der Waals surface area contributed by atoms with E-state index < -0.39 is 0 Å². The number of hydrogen-bond acceptors (Lipinski definition) is 2. The lowest BCUT2D eigenvalue weighted by atomic mass is 9.62. The Morgan fingerprint density at radius 2 is 2.18 bits per heavy atom. The van der Waals surface area contributed by atoms with E-state index in [2.05, 4.69) is 18.4 Å². The zero-order valence-electron chi connectivity index (χ0n) is 10.5. The molecule has 2 atom stereocenters. The van der Waals surface area contributed by atoms with Crippen molar-refractivity contribution in [2.75, 3.05) is 7.05 Å². The number of nitrogens with one attached hydrogen (secondary N) is 1. The van der Waals surface area contributed by atoms with Crippen LogP contribution in [0.3, 0.4) is 0 Å². The lowest BCUT2D eigenvalue weighted by Crippen LogP contribution is -2.51. The van der Waals surface area contributed by atoms with E-state index in [1.807, 2.05) is 12.1 Å². The molecule has 1 saturated carbocycles. The first-order chi connectivity index (χ1) is 8.26. The molecule has 2 heteroatoms. The monoisotopic (exact) mass is 231 g/mol. The first-order valence-electron chi connectivity index (χ1n) is 6.77. The van der Waals surface area contributed by atoms with E-state index in [4.69, 9.17) is 0 Å². The predicted molar refractivity (Wildman–Crippen MR) is 69.1 cm³/mol. The van der Waals surface area contributed by atoms with Crippen LogP contribution >= 0.6 is 0 Å². The van der Waals surface area contributed by atoms with Crippen molar-refractivity contribution < 1.29 is 5.11 Å². The van der Waals surface area contributed by atoms with Crippen LogP contribution < -0.4 is 5.32 Å². The maximum absolute atomic E-state index is 9.76. The van der Waals surface area contributed by atoms with E-state index in [-0.39, 0.29) is 5.54 Å². The van der Waals surface area contributed by atoms with E-state index in [1.165, 1.54) is 49.7 Å². The van der Waals surface area contributed by atoms with Crippen molar-refractivity contribution in [2.24, 2.45) is 5.92 Å². The zero-order chi connectivity index (χ0) is 11.9. The summed E-state index contributed by atoms with van der Waals surface area (Å²) in [6.45, 7) is 0. The number of phenols is 1. The van der Waals surface area contributed by atoms with Gasteiger partial charge in [0.1, 0.15) is 5.75 Å². The third-order valence-corrected chi connectivity index (χ3v) is 4.85. The highest BCUT2D eigenvalue weighted by atomic mass is 16.3. The molecular formula is C15H21NO. The number of benzene rings is 1. The van der Waals surface area contributed by atoms with E-state index >= 15 is 0 Å². The molecule has 17 heavy (non-hydrogen) atoms. The van der Waals surface area contributed by atoms with Crippen molar-refractivity contribution in [1.82, 2.24) is 5.32 Å². The maximum Gasteiger partial charge on any atom is 0.115 e. The number of rotatable bonds is 1. The fraction of sp³-hybridized carbons (Fsp3) is 0.600. The Balaban J connectivity index is 2.13. The van der Waals surface area contributed by atoms with E-state index in [0.717, 1.165) is 5.92 Å². The number of fused-ring (bicyclic) bond motifs is 3. The van der Waals surface area contributed by atoms with Gasteiger partial charge in [-0.15, -0.1) is 0 Å². The third-order valence-electron chi connectivity index (χ3n) is 4.85. The Morgan fingerprint density at radius 3 is 3.00 bits per heavy atom. The van der Waals surface area contributed by atoms with Crippen molar-refractivity contribution in [3.63, 3.8) is 0 Å².